The maximum Gasteiger partial charge on any atom is 0.326 e. The molecule has 40 heavy (non-hydrogen) atoms. The molecule has 1 aliphatic rings. The van der Waals surface area contributed by atoms with E-state index in [0.717, 1.165) is 20.3 Å². The minimum Gasteiger partial charge on any atom is -0.496 e. The van der Waals surface area contributed by atoms with Crippen molar-refractivity contribution >= 4 is 45.1 Å². The van der Waals surface area contributed by atoms with E-state index in [9.17, 15) is 23.1 Å². The summed E-state index contributed by atoms with van der Waals surface area (Å²) < 4.78 is 33.6. The van der Waals surface area contributed by atoms with Crippen molar-refractivity contribution in [3.05, 3.63) is 82.3 Å². The third-order valence-corrected chi connectivity index (χ3v) is 9.55. The van der Waals surface area contributed by atoms with Gasteiger partial charge in [0.05, 0.1) is 12.0 Å². The summed E-state index contributed by atoms with van der Waals surface area (Å²) in [5.41, 5.74) is 2.51. The molecule has 212 valence electrons. The number of nitrogens with zero attached hydrogens (tertiary/aromatic N) is 2. The standard InChI is InChI=1S/C29H30Cl2N2O6S/c1-18-12-13-33(40(37,38)23-16-21(30)15-22(31)17-23)27(18)28(34)32(2)25(29(35)36)14-19-8-10-20(11-9-19)24-6-4-5-7-26(24)39-3/h4-11,15-18,25,27H,12-14H2,1-3H3,(H,35,36)/t18-,25-,27-/m0/s1. The molecule has 1 fully saturated rings. The quantitative estimate of drug-likeness (QED) is 0.359. The summed E-state index contributed by atoms with van der Waals surface area (Å²) in [5, 5.41) is 10.4. The number of carbonyl (C=O) groups is 2. The van der Waals surface area contributed by atoms with Gasteiger partial charge in [-0.15, -0.1) is 0 Å². The number of carbonyl (C=O) groups excluding carboxylic acids is 1. The first-order valence-corrected chi connectivity index (χ1v) is 14.8. The lowest BCUT2D eigenvalue weighted by molar-refractivity contribution is -0.150. The van der Waals surface area contributed by atoms with Crippen molar-refractivity contribution < 1.29 is 27.9 Å². The van der Waals surface area contributed by atoms with Crippen LogP contribution in [-0.2, 0) is 26.0 Å². The number of benzene rings is 3. The molecule has 1 aliphatic heterocycles. The maximum absolute atomic E-state index is 13.7. The minimum atomic E-state index is -4.13. The molecule has 0 bridgehead atoms. The second-order valence-corrected chi connectivity index (χ2v) is 12.6. The number of rotatable bonds is 9. The highest BCUT2D eigenvalue weighted by Crippen LogP contribution is 2.34. The molecule has 0 radical (unpaired) electrons. The van der Waals surface area contributed by atoms with Crippen LogP contribution in [0.1, 0.15) is 18.9 Å². The van der Waals surface area contributed by atoms with Crippen LogP contribution in [-0.4, -0.2) is 67.4 Å². The lowest BCUT2D eigenvalue weighted by Gasteiger charge is -2.32. The summed E-state index contributed by atoms with van der Waals surface area (Å²) in [4.78, 5) is 27.1. The van der Waals surface area contributed by atoms with E-state index in [1.807, 2.05) is 48.5 Å². The fraction of sp³-hybridized carbons (Fsp3) is 0.310. The van der Waals surface area contributed by atoms with Gasteiger partial charge >= 0.3 is 5.97 Å². The second kappa shape index (κ2) is 12.2. The Balaban J connectivity index is 1.57. The minimum absolute atomic E-state index is 0.0432. The summed E-state index contributed by atoms with van der Waals surface area (Å²) in [6.45, 7) is 1.89. The average Bonchev–Trinajstić information content (AvgIpc) is 3.32. The zero-order valence-corrected chi connectivity index (χ0v) is 24.6. The first-order chi connectivity index (χ1) is 18.9. The normalized spacial score (nSPS) is 18.3. The van der Waals surface area contributed by atoms with Crippen molar-refractivity contribution in [2.75, 3.05) is 20.7 Å². The lowest BCUT2D eigenvalue weighted by atomic mass is 9.98. The van der Waals surface area contributed by atoms with E-state index in [2.05, 4.69) is 0 Å². The third-order valence-electron chi connectivity index (χ3n) is 7.25. The monoisotopic (exact) mass is 604 g/mol. The van der Waals surface area contributed by atoms with Gasteiger partial charge < -0.3 is 14.7 Å². The first-order valence-electron chi connectivity index (χ1n) is 12.6. The van der Waals surface area contributed by atoms with Crippen LogP contribution in [0.15, 0.2) is 71.6 Å². The Bertz CT molecular complexity index is 1490. The zero-order valence-electron chi connectivity index (χ0n) is 22.3. The highest BCUT2D eigenvalue weighted by Gasteiger charge is 2.46. The number of ether oxygens (including phenoxy) is 1. The largest absolute Gasteiger partial charge is 0.496 e. The Labute approximate surface area is 244 Å². The number of likely N-dealkylation sites (N-methyl/N-ethyl adjacent to an activating group) is 1. The van der Waals surface area contributed by atoms with Gasteiger partial charge in [-0.1, -0.05) is 72.6 Å². The summed E-state index contributed by atoms with van der Waals surface area (Å²) >= 11 is 12.1. The number of para-hydroxylation sites is 1. The van der Waals surface area contributed by atoms with Crippen molar-refractivity contribution in [1.29, 1.82) is 0 Å². The molecular formula is C29H30Cl2N2O6S. The molecule has 1 N–H and O–H groups in total. The van der Waals surface area contributed by atoms with E-state index in [-0.39, 0.29) is 33.8 Å². The Kier molecular flexibility index (Phi) is 9.09. The molecule has 1 heterocycles. The number of methoxy groups -OCH3 is 1. The van der Waals surface area contributed by atoms with Crippen LogP contribution in [0.2, 0.25) is 10.0 Å². The number of sulfonamides is 1. The molecule has 1 saturated heterocycles. The van der Waals surface area contributed by atoms with Crippen molar-refractivity contribution in [3.63, 3.8) is 0 Å². The third kappa shape index (κ3) is 6.12. The van der Waals surface area contributed by atoms with Gasteiger partial charge in [0, 0.05) is 35.6 Å². The molecule has 0 saturated carbocycles. The molecule has 11 heteroatoms. The molecular weight excluding hydrogens is 575 g/mol. The Morgan fingerprint density at radius 2 is 1.70 bits per heavy atom. The smallest absolute Gasteiger partial charge is 0.326 e. The van der Waals surface area contributed by atoms with Gasteiger partial charge in [-0.2, -0.15) is 4.31 Å². The predicted molar refractivity (Wildman–Crippen MR) is 154 cm³/mol. The maximum atomic E-state index is 13.7. The van der Waals surface area contributed by atoms with Crippen LogP contribution in [0.3, 0.4) is 0 Å². The number of carboxylic acids is 1. The highest BCUT2D eigenvalue weighted by atomic mass is 35.5. The SMILES string of the molecule is COc1ccccc1-c1ccc(C[C@@H](C(=O)O)N(C)C(=O)[C@@H]2[C@@H](C)CCN2S(=O)(=O)c2cc(Cl)cc(Cl)c2)cc1. The van der Waals surface area contributed by atoms with Crippen molar-refractivity contribution in [1.82, 2.24) is 9.21 Å². The summed E-state index contributed by atoms with van der Waals surface area (Å²) in [7, 11) is -1.13. The summed E-state index contributed by atoms with van der Waals surface area (Å²) in [6.07, 6.45) is 0.488. The van der Waals surface area contributed by atoms with Gasteiger partial charge in [0.1, 0.15) is 17.8 Å². The van der Waals surface area contributed by atoms with E-state index in [1.165, 1.54) is 25.2 Å². The molecule has 0 spiro atoms. The van der Waals surface area contributed by atoms with Crippen LogP contribution in [0.4, 0.5) is 0 Å². The molecule has 8 nitrogen and oxygen atoms in total. The molecule has 3 aromatic rings. The summed E-state index contributed by atoms with van der Waals surface area (Å²) in [6, 6.07) is 16.7. The van der Waals surface area contributed by atoms with Gasteiger partial charge in [-0.25, -0.2) is 13.2 Å². The van der Waals surface area contributed by atoms with E-state index < -0.39 is 34.0 Å². The number of aliphatic carboxylic acids is 1. The van der Waals surface area contributed by atoms with Gasteiger partial charge in [-0.3, -0.25) is 4.79 Å². The zero-order chi connectivity index (χ0) is 29.2. The topological polar surface area (TPSA) is 104 Å². The van der Waals surface area contributed by atoms with Gasteiger partial charge in [-0.05, 0) is 47.7 Å². The van der Waals surface area contributed by atoms with Crippen molar-refractivity contribution in [2.24, 2.45) is 5.92 Å². The molecule has 0 aromatic heterocycles. The van der Waals surface area contributed by atoms with E-state index in [4.69, 9.17) is 27.9 Å². The molecule has 3 aromatic carbocycles. The predicted octanol–water partition coefficient (Wildman–Crippen LogP) is 5.22. The second-order valence-electron chi connectivity index (χ2n) is 9.84. The number of hydrogen-bond acceptors (Lipinski definition) is 5. The van der Waals surface area contributed by atoms with E-state index in [1.54, 1.807) is 14.0 Å². The summed E-state index contributed by atoms with van der Waals surface area (Å²) in [5.74, 6) is -1.38. The van der Waals surface area contributed by atoms with E-state index >= 15 is 0 Å². The fourth-order valence-corrected chi connectivity index (χ4v) is 7.46. The highest BCUT2D eigenvalue weighted by molar-refractivity contribution is 7.89. The van der Waals surface area contributed by atoms with Crippen LogP contribution in [0.5, 0.6) is 5.75 Å². The number of amides is 1. The van der Waals surface area contributed by atoms with Crippen LogP contribution < -0.4 is 4.74 Å². The van der Waals surface area contributed by atoms with Crippen LogP contribution in [0.25, 0.3) is 11.1 Å². The van der Waals surface area contributed by atoms with Gasteiger partial charge in [0.25, 0.3) is 0 Å². The Morgan fingerprint density at radius 3 is 2.30 bits per heavy atom. The van der Waals surface area contributed by atoms with Crippen molar-refractivity contribution in [3.8, 4) is 16.9 Å². The number of hydrogen-bond donors (Lipinski definition) is 1. The lowest BCUT2D eigenvalue weighted by Crippen LogP contribution is -2.53. The first kappa shape index (κ1) is 29.9. The Morgan fingerprint density at radius 1 is 1.07 bits per heavy atom. The Hall–Kier alpha value is -3.11. The van der Waals surface area contributed by atoms with Crippen LogP contribution >= 0.6 is 23.2 Å². The molecule has 4 rings (SSSR count). The average molecular weight is 606 g/mol. The van der Waals surface area contributed by atoms with Gasteiger partial charge in [0.15, 0.2) is 0 Å². The number of carboxylic acid groups (broad SMARTS) is 1. The molecule has 0 aliphatic carbocycles. The molecule has 3 atom stereocenters. The van der Waals surface area contributed by atoms with E-state index in [0.29, 0.717) is 17.7 Å². The fourth-order valence-electron chi connectivity index (χ4n) is 5.04. The molecule has 0 unspecified atom stereocenters. The number of halogens is 2. The van der Waals surface area contributed by atoms with Gasteiger partial charge in [0.2, 0.25) is 15.9 Å². The molecule has 1 amide bonds. The van der Waals surface area contributed by atoms with Crippen molar-refractivity contribution in [2.45, 2.75) is 36.7 Å². The van der Waals surface area contributed by atoms with Crippen LogP contribution in [0, 0.1) is 5.92 Å².